The molecule has 1 heterocycles. The fraction of sp³-hybridized carbons (Fsp3) is 0.263. The summed E-state index contributed by atoms with van der Waals surface area (Å²) in [7, 11) is 0. The fourth-order valence-corrected chi connectivity index (χ4v) is 3.68. The summed E-state index contributed by atoms with van der Waals surface area (Å²) >= 11 is 11.9. The van der Waals surface area contributed by atoms with Crippen LogP contribution >= 0.6 is 23.2 Å². The Balaban J connectivity index is 1.75. The summed E-state index contributed by atoms with van der Waals surface area (Å²) in [4.78, 5) is 29.1. The molecule has 3 amide bonds. The number of anilines is 2. The van der Waals surface area contributed by atoms with E-state index in [9.17, 15) is 9.59 Å². The minimum atomic E-state index is -0.460. The first kappa shape index (κ1) is 16.4. The maximum absolute atomic E-state index is 13.1. The van der Waals surface area contributed by atoms with Gasteiger partial charge in [-0.3, -0.25) is 9.69 Å². The average Bonchev–Trinajstić information content (AvgIpc) is 2.79. The minimum absolute atomic E-state index is 0.174. The van der Waals surface area contributed by atoms with Gasteiger partial charge in [-0.05, 0) is 67.3 Å². The van der Waals surface area contributed by atoms with Gasteiger partial charge in [-0.25, -0.2) is 9.69 Å². The highest BCUT2D eigenvalue weighted by atomic mass is 35.5. The quantitative estimate of drug-likeness (QED) is 0.698. The van der Waals surface area contributed by atoms with E-state index in [-0.39, 0.29) is 17.9 Å². The Labute approximate surface area is 155 Å². The molecule has 2 aromatic rings. The molecule has 2 aliphatic rings. The summed E-state index contributed by atoms with van der Waals surface area (Å²) < 4.78 is 0. The molecule has 6 heteroatoms. The SMILES string of the molecule is O=C1C(C2CCC2)N(c2ccc(Cl)cc2)C(=O)N1c1ccc(Cl)cc1. The van der Waals surface area contributed by atoms with Crippen LogP contribution in [0, 0.1) is 5.92 Å². The van der Waals surface area contributed by atoms with Gasteiger partial charge in [-0.2, -0.15) is 0 Å². The van der Waals surface area contributed by atoms with Gasteiger partial charge in [0.05, 0.1) is 5.69 Å². The van der Waals surface area contributed by atoms with Crippen LogP contribution in [0.15, 0.2) is 48.5 Å². The monoisotopic (exact) mass is 374 g/mol. The second-order valence-electron chi connectivity index (χ2n) is 6.41. The topological polar surface area (TPSA) is 40.6 Å². The van der Waals surface area contributed by atoms with Crippen molar-refractivity contribution in [2.45, 2.75) is 25.3 Å². The van der Waals surface area contributed by atoms with Crippen molar-refractivity contribution in [3.8, 4) is 0 Å². The third-order valence-corrected chi connectivity index (χ3v) is 5.44. The predicted octanol–water partition coefficient (Wildman–Crippen LogP) is 5.14. The van der Waals surface area contributed by atoms with Crippen LogP contribution in [0.2, 0.25) is 10.0 Å². The Kier molecular flexibility index (Phi) is 4.18. The molecule has 25 heavy (non-hydrogen) atoms. The van der Waals surface area contributed by atoms with Gasteiger partial charge in [0.25, 0.3) is 5.91 Å². The molecule has 0 radical (unpaired) electrons. The van der Waals surface area contributed by atoms with Gasteiger partial charge >= 0.3 is 6.03 Å². The number of halogens is 2. The first-order chi connectivity index (χ1) is 12.1. The zero-order chi connectivity index (χ0) is 17.6. The molecule has 0 bridgehead atoms. The number of urea groups is 1. The first-order valence-electron chi connectivity index (χ1n) is 8.24. The molecule has 1 aliphatic carbocycles. The van der Waals surface area contributed by atoms with E-state index in [0.29, 0.717) is 21.4 Å². The third-order valence-electron chi connectivity index (χ3n) is 4.93. The molecule has 1 unspecified atom stereocenters. The molecule has 1 aliphatic heterocycles. The molecule has 0 aromatic heterocycles. The van der Waals surface area contributed by atoms with Gasteiger partial charge in [0, 0.05) is 15.7 Å². The molecule has 128 valence electrons. The smallest absolute Gasteiger partial charge is 0.281 e. The second-order valence-corrected chi connectivity index (χ2v) is 7.29. The van der Waals surface area contributed by atoms with E-state index in [4.69, 9.17) is 23.2 Å². The number of carbonyl (C=O) groups is 2. The van der Waals surface area contributed by atoms with E-state index in [0.717, 1.165) is 19.3 Å². The van der Waals surface area contributed by atoms with Crippen molar-refractivity contribution in [3.63, 3.8) is 0 Å². The van der Waals surface area contributed by atoms with Gasteiger partial charge in [-0.15, -0.1) is 0 Å². The highest BCUT2D eigenvalue weighted by Crippen LogP contribution is 2.40. The number of nitrogens with zero attached hydrogens (tertiary/aromatic N) is 2. The molecule has 0 N–H and O–H groups in total. The normalized spacial score (nSPS) is 21.0. The molecule has 2 fully saturated rings. The van der Waals surface area contributed by atoms with Crippen molar-refractivity contribution < 1.29 is 9.59 Å². The summed E-state index contributed by atoms with van der Waals surface area (Å²) in [5, 5.41) is 1.16. The van der Waals surface area contributed by atoms with Crippen molar-refractivity contribution >= 4 is 46.5 Å². The lowest BCUT2D eigenvalue weighted by atomic mass is 9.79. The number of hydrogen-bond acceptors (Lipinski definition) is 2. The Morgan fingerprint density at radius 1 is 0.800 bits per heavy atom. The van der Waals surface area contributed by atoms with Crippen LogP contribution in [-0.2, 0) is 4.79 Å². The maximum atomic E-state index is 13.1. The summed E-state index contributed by atoms with van der Waals surface area (Å²) in [6, 6.07) is 13.0. The van der Waals surface area contributed by atoms with E-state index in [1.54, 1.807) is 53.4 Å². The highest BCUT2D eigenvalue weighted by Gasteiger charge is 2.51. The van der Waals surface area contributed by atoms with Crippen molar-refractivity contribution in [3.05, 3.63) is 58.6 Å². The minimum Gasteiger partial charge on any atom is -0.281 e. The molecule has 1 saturated carbocycles. The van der Waals surface area contributed by atoms with Crippen LogP contribution in [0.3, 0.4) is 0 Å². The highest BCUT2D eigenvalue weighted by molar-refractivity contribution is 6.32. The second kappa shape index (κ2) is 6.36. The largest absolute Gasteiger partial charge is 0.336 e. The number of amides is 3. The zero-order valence-electron chi connectivity index (χ0n) is 13.4. The summed E-state index contributed by atoms with van der Waals surface area (Å²) in [5.41, 5.74) is 1.23. The van der Waals surface area contributed by atoms with Crippen LogP contribution in [0.4, 0.5) is 16.2 Å². The number of benzene rings is 2. The summed E-state index contributed by atoms with van der Waals surface area (Å²) in [6.07, 6.45) is 3.02. The molecule has 0 spiro atoms. The number of carbonyl (C=O) groups excluding carboxylic acids is 2. The first-order valence-corrected chi connectivity index (χ1v) is 9.00. The maximum Gasteiger partial charge on any atom is 0.336 e. The molecule has 4 nitrogen and oxygen atoms in total. The van der Waals surface area contributed by atoms with E-state index >= 15 is 0 Å². The van der Waals surface area contributed by atoms with Crippen LogP contribution in [0.25, 0.3) is 0 Å². The van der Waals surface area contributed by atoms with E-state index in [2.05, 4.69) is 0 Å². The van der Waals surface area contributed by atoms with Gasteiger partial charge in [0.15, 0.2) is 0 Å². The summed E-state index contributed by atoms with van der Waals surface area (Å²) in [5.74, 6) is 0.0244. The molecule has 1 atom stereocenters. The Morgan fingerprint density at radius 2 is 1.32 bits per heavy atom. The Bertz CT molecular complexity index is 816. The van der Waals surface area contributed by atoms with Crippen LogP contribution in [0.1, 0.15) is 19.3 Å². The van der Waals surface area contributed by atoms with Crippen molar-refractivity contribution in [2.75, 3.05) is 9.80 Å². The van der Waals surface area contributed by atoms with E-state index < -0.39 is 6.04 Å². The standard InChI is InChI=1S/C19H16Cl2N2O2/c20-13-4-8-15(9-5-13)22-17(12-2-1-3-12)18(24)23(19(22)25)16-10-6-14(21)7-11-16/h4-12,17H,1-3H2. The average molecular weight is 375 g/mol. The Hall–Kier alpha value is -2.04. The lowest BCUT2D eigenvalue weighted by Crippen LogP contribution is -2.43. The number of imide groups is 1. The lowest BCUT2D eigenvalue weighted by molar-refractivity contribution is -0.119. The van der Waals surface area contributed by atoms with Gasteiger partial charge in [-0.1, -0.05) is 29.6 Å². The zero-order valence-corrected chi connectivity index (χ0v) is 14.9. The van der Waals surface area contributed by atoms with Crippen molar-refractivity contribution in [2.24, 2.45) is 5.92 Å². The van der Waals surface area contributed by atoms with E-state index in [1.165, 1.54) is 4.90 Å². The van der Waals surface area contributed by atoms with E-state index in [1.807, 2.05) is 0 Å². The predicted molar refractivity (Wildman–Crippen MR) is 99.4 cm³/mol. The van der Waals surface area contributed by atoms with Crippen molar-refractivity contribution in [1.82, 2.24) is 0 Å². The molecular formula is C19H16Cl2N2O2. The Morgan fingerprint density at radius 3 is 1.80 bits per heavy atom. The molecule has 1 saturated heterocycles. The van der Waals surface area contributed by atoms with Crippen LogP contribution in [-0.4, -0.2) is 18.0 Å². The van der Waals surface area contributed by atoms with Gasteiger partial charge < -0.3 is 0 Å². The van der Waals surface area contributed by atoms with Gasteiger partial charge in [0.1, 0.15) is 6.04 Å². The molecule has 2 aromatic carbocycles. The molecular weight excluding hydrogens is 359 g/mol. The summed E-state index contributed by atoms with van der Waals surface area (Å²) in [6.45, 7) is 0. The fourth-order valence-electron chi connectivity index (χ4n) is 3.43. The van der Waals surface area contributed by atoms with Gasteiger partial charge in [0.2, 0.25) is 0 Å². The number of hydrogen-bond donors (Lipinski definition) is 0. The number of rotatable bonds is 3. The van der Waals surface area contributed by atoms with Crippen LogP contribution < -0.4 is 9.80 Å². The molecule has 4 rings (SSSR count). The van der Waals surface area contributed by atoms with Crippen molar-refractivity contribution in [1.29, 1.82) is 0 Å². The van der Waals surface area contributed by atoms with Crippen LogP contribution in [0.5, 0.6) is 0 Å². The lowest BCUT2D eigenvalue weighted by Gasteiger charge is -2.34. The third kappa shape index (κ3) is 2.79.